The molecule has 0 saturated carbocycles. The second kappa shape index (κ2) is 5.00. The Morgan fingerprint density at radius 1 is 0.938 bits per heavy atom. The van der Waals surface area contributed by atoms with Crippen LogP contribution in [0.1, 0.15) is 32.1 Å². The Labute approximate surface area is 97.8 Å². The van der Waals surface area contributed by atoms with Crippen LogP contribution in [0.2, 0.25) is 0 Å². The summed E-state index contributed by atoms with van der Waals surface area (Å²) in [7, 11) is -3.23. The largest absolute Gasteiger partial charge is 0.327 e. The minimum absolute atomic E-state index is 0.00770. The second-order valence-corrected chi connectivity index (χ2v) is 6.66. The molecule has 2 fully saturated rings. The third kappa shape index (κ3) is 2.56. The van der Waals surface area contributed by atoms with Crippen LogP contribution in [0.5, 0.6) is 0 Å². The topological polar surface area (TPSA) is 66.6 Å². The average molecular weight is 247 g/mol. The molecule has 2 aliphatic heterocycles. The van der Waals surface area contributed by atoms with Crippen molar-refractivity contribution in [2.45, 2.75) is 38.1 Å². The fourth-order valence-electron chi connectivity index (χ4n) is 2.44. The summed E-state index contributed by atoms with van der Waals surface area (Å²) in [6.45, 7) is 2.47. The van der Waals surface area contributed by atoms with E-state index < -0.39 is 10.2 Å². The van der Waals surface area contributed by atoms with Gasteiger partial charge < -0.3 is 5.73 Å². The maximum absolute atomic E-state index is 12.3. The van der Waals surface area contributed by atoms with E-state index in [-0.39, 0.29) is 6.04 Å². The highest BCUT2D eigenvalue weighted by Crippen LogP contribution is 2.19. The van der Waals surface area contributed by atoms with E-state index in [4.69, 9.17) is 5.73 Å². The standard InChI is InChI=1S/C10H21N3O2S/c11-10-5-4-8-13(9-10)16(14,15)12-6-2-1-3-7-12/h10H,1-9,11H2/t10-/m1/s1. The van der Waals surface area contributed by atoms with E-state index >= 15 is 0 Å². The van der Waals surface area contributed by atoms with Gasteiger partial charge in [-0.15, -0.1) is 0 Å². The summed E-state index contributed by atoms with van der Waals surface area (Å²) in [5.41, 5.74) is 5.83. The van der Waals surface area contributed by atoms with Gasteiger partial charge in [-0.05, 0) is 25.7 Å². The lowest BCUT2D eigenvalue weighted by atomic mass is 10.1. The molecule has 0 unspecified atom stereocenters. The summed E-state index contributed by atoms with van der Waals surface area (Å²) in [6, 6.07) is 0.00770. The third-order valence-corrected chi connectivity index (χ3v) is 5.39. The van der Waals surface area contributed by atoms with E-state index in [0.717, 1.165) is 32.1 Å². The maximum atomic E-state index is 12.3. The molecule has 2 aliphatic rings. The van der Waals surface area contributed by atoms with Crippen molar-refractivity contribution in [2.24, 2.45) is 5.73 Å². The molecule has 5 nitrogen and oxygen atoms in total. The molecule has 16 heavy (non-hydrogen) atoms. The molecule has 0 amide bonds. The first-order valence-electron chi connectivity index (χ1n) is 6.11. The van der Waals surface area contributed by atoms with Crippen LogP contribution in [0, 0.1) is 0 Å². The van der Waals surface area contributed by atoms with Crippen LogP contribution in [0.3, 0.4) is 0 Å². The zero-order valence-corrected chi connectivity index (χ0v) is 10.5. The molecular weight excluding hydrogens is 226 g/mol. The first-order valence-corrected chi connectivity index (χ1v) is 7.51. The molecule has 0 radical (unpaired) electrons. The predicted octanol–water partition coefficient (Wildman–Crippen LogP) is 0.140. The molecule has 6 heteroatoms. The molecule has 2 saturated heterocycles. The van der Waals surface area contributed by atoms with E-state index in [0.29, 0.717) is 26.2 Å². The highest BCUT2D eigenvalue weighted by atomic mass is 32.2. The van der Waals surface area contributed by atoms with Gasteiger partial charge in [0.25, 0.3) is 10.2 Å². The summed E-state index contributed by atoms with van der Waals surface area (Å²) in [5, 5.41) is 0. The van der Waals surface area contributed by atoms with Gasteiger partial charge in [-0.1, -0.05) is 6.42 Å². The maximum Gasteiger partial charge on any atom is 0.282 e. The molecule has 0 bridgehead atoms. The Morgan fingerprint density at radius 3 is 2.19 bits per heavy atom. The Balaban J connectivity index is 2.05. The SMILES string of the molecule is N[C@@H]1CCCN(S(=O)(=O)N2CCCCC2)C1. The van der Waals surface area contributed by atoms with Gasteiger partial charge in [0.05, 0.1) is 0 Å². The van der Waals surface area contributed by atoms with E-state index in [2.05, 4.69) is 0 Å². The summed E-state index contributed by atoms with van der Waals surface area (Å²) in [4.78, 5) is 0. The highest BCUT2D eigenvalue weighted by molar-refractivity contribution is 7.86. The molecular formula is C10H21N3O2S. The van der Waals surface area contributed by atoms with Gasteiger partial charge in [-0.2, -0.15) is 17.0 Å². The van der Waals surface area contributed by atoms with Crippen LogP contribution in [-0.2, 0) is 10.2 Å². The molecule has 94 valence electrons. The summed E-state index contributed by atoms with van der Waals surface area (Å²) in [5.74, 6) is 0. The summed E-state index contributed by atoms with van der Waals surface area (Å²) >= 11 is 0. The van der Waals surface area contributed by atoms with Gasteiger partial charge in [0.2, 0.25) is 0 Å². The van der Waals surface area contributed by atoms with Crippen LogP contribution >= 0.6 is 0 Å². The molecule has 0 aromatic heterocycles. The van der Waals surface area contributed by atoms with Crippen molar-refractivity contribution in [2.75, 3.05) is 26.2 Å². The molecule has 0 aliphatic carbocycles. The van der Waals surface area contributed by atoms with Gasteiger partial charge in [0.15, 0.2) is 0 Å². The number of nitrogens with two attached hydrogens (primary N) is 1. The van der Waals surface area contributed by atoms with Crippen LogP contribution in [0.25, 0.3) is 0 Å². The van der Waals surface area contributed by atoms with E-state index in [1.165, 1.54) is 0 Å². The van der Waals surface area contributed by atoms with E-state index in [9.17, 15) is 8.42 Å². The van der Waals surface area contributed by atoms with Gasteiger partial charge >= 0.3 is 0 Å². The highest BCUT2D eigenvalue weighted by Gasteiger charge is 2.33. The van der Waals surface area contributed by atoms with Crippen LogP contribution in [0.15, 0.2) is 0 Å². The molecule has 0 aromatic carbocycles. The Bertz CT molecular complexity index is 325. The first-order chi connectivity index (χ1) is 7.60. The fraction of sp³-hybridized carbons (Fsp3) is 1.00. The minimum atomic E-state index is -3.23. The van der Waals surface area contributed by atoms with Crippen LogP contribution < -0.4 is 5.73 Å². The van der Waals surface area contributed by atoms with Gasteiger partial charge in [-0.3, -0.25) is 0 Å². The van der Waals surface area contributed by atoms with E-state index in [1.807, 2.05) is 0 Å². The van der Waals surface area contributed by atoms with Gasteiger partial charge in [0, 0.05) is 32.2 Å². The van der Waals surface area contributed by atoms with Crippen molar-refractivity contribution in [1.82, 2.24) is 8.61 Å². The Kier molecular flexibility index (Phi) is 3.84. The molecule has 1 atom stereocenters. The molecule has 2 heterocycles. The Morgan fingerprint density at radius 2 is 1.56 bits per heavy atom. The normalized spacial score (nSPS) is 30.4. The molecule has 0 spiro atoms. The number of hydrogen-bond acceptors (Lipinski definition) is 3. The number of rotatable bonds is 2. The smallest absolute Gasteiger partial charge is 0.282 e. The van der Waals surface area contributed by atoms with Crippen LogP contribution in [0.4, 0.5) is 0 Å². The van der Waals surface area contributed by atoms with E-state index in [1.54, 1.807) is 8.61 Å². The number of nitrogens with zero attached hydrogens (tertiary/aromatic N) is 2. The summed E-state index contributed by atoms with van der Waals surface area (Å²) < 4.78 is 27.7. The number of hydrogen-bond donors (Lipinski definition) is 1. The second-order valence-electron chi connectivity index (χ2n) is 4.73. The first kappa shape index (κ1) is 12.3. The monoisotopic (exact) mass is 247 g/mol. The number of piperidine rings is 2. The molecule has 2 rings (SSSR count). The molecule has 2 N–H and O–H groups in total. The van der Waals surface area contributed by atoms with Gasteiger partial charge in [-0.25, -0.2) is 0 Å². The predicted molar refractivity (Wildman–Crippen MR) is 63.1 cm³/mol. The minimum Gasteiger partial charge on any atom is -0.327 e. The Hall–Kier alpha value is -0.170. The summed E-state index contributed by atoms with van der Waals surface area (Å²) in [6.07, 6.45) is 4.93. The zero-order valence-electron chi connectivity index (χ0n) is 9.64. The van der Waals surface area contributed by atoms with Crippen molar-refractivity contribution >= 4 is 10.2 Å². The average Bonchev–Trinajstić information content (AvgIpc) is 2.30. The lowest BCUT2D eigenvalue weighted by Crippen LogP contribution is -2.52. The quantitative estimate of drug-likeness (QED) is 0.755. The zero-order chi connectivity index (χ0) is 11.6. The van der Waals surface area contributed by atoms with Crippen LogP contribution in [-0.4, -0.2) is 49.2 Å². The lowest BCUT2D eigenvalue weighted by molar-refractivity contribution is 0.268. The van der Waals surface area contributed by atoms with Crippen molar-refractivity contribution in [3.05, 3.63) is 0 Å². The van der Waals surface area contributed by atoms with Crippen molar-refractivity contribution in [3.8, 4) is 0 Å². The van der Waals surface area contributed by atoms with Crippen molar-refractivity contribution in [3.63, 3.8) is 0 Å². The van der Waals surface area contributed by atoms with Crippen molar-refractivity contribution < 1.29 is 8.42 Å². The van der Waals surface area contributed by atoms with Crippen molar-refractivity contribution in [1.29, 1.82) is 0 Å². The fourth-order valence-corrected chi connectivity index (χ4v) is 4.23. The molecule has 0 aromatic rings. The third-order valence-electron chi connectivity index (χ3n) is 3.39. The van der Waals surface area contributed by atoms with Gasteiger partial charge in [0.1, 0.15) is 0 Å². The lowest BCUT2D eigenvalue weighted by Gasteiger charge is -2.35.